The van der Waals surface area contributed by atoms with Crippen LogP contribution in [0.25, 0.3) is 11.3 Å². The maximum Gasteiger partial charge on any atom is 0.335 e. The molecule has 0 atom stereocenters. The number of ether oxygens (including phenoxy) is 2. The summed E-state index contributed by atoms with van der Waals surface area (Å²) in [6, 6.07) is 6.47. The first-order valence-electron chi connectivity index (χ1n) is 11.9. The molecular weight excluding hydrogens is 464 g/mol. The maximum atomic E-state index is 11.4. The van der Waals surface area contributed by atoms with Gasteiger partial charge in [0.05, 0.1) is 18.8 Å². The standard InChI is InChI=1S/C26H36N4O6/c1-4-7-22-24(30(14-18-35-2)15-19-36-3)28-23(20-8-10-21(11-9-20)26(33)34)25(27-22)29(12-5-16-31)13-6-17-32/h8-11,31-32H,5-6,12-19H2,1-3H3,(H,33,34). The number of carboxylic acid groups (broad SMARTS) is 1. The van der Waals surface area contributed by atoms with Gasteiger partial charge in [0.15, 0.2) is 17.3 Å². The van der Waals surface area contributed by atoms with Gasteiger partial charge in [-0.05, 0) is 37.8 Å². The molecule has 0 saturated carbocycles. The van der Waals surface area contributed by atoms with Crippen LogP contribution in [-0.4, -0.2) is 98.1 Å². The van der Waals surface area contributed by atoms with Gasteiger partial charge >= 0.3 is 5.97 Å². The smallest absolute Gasteiger partial charge is 0.335 e. The van der Waals surface area contributed by atoms with Crippen molar-refractivity contribution in [1.29, 1.82) is 0 Å². The number of carbonyl (C=O) groups is 1. The first-order chi connectivity index (χ1) is 17.5. The van der Waals surface area contributed by atoms with Crippen molar-refractivity contribution in [3.63, 3.8) is 0 Å². The molecule has 10 nitrogen and oxygen atoms in total. The molecule has 1 aromatic heterocycles. The minimum Gasteiger partial charge on any atom is -0.478 e. The molecule has 2 rings (SSSR count). The zero-order valence-corrected chi connectivity index (χ0v) is 21.2. The van der Waals surface area contributed by atoms with Gasteiger partial charge in [0.25, 0.3) is 0 Å². The predicted molar refractivity (Wildman–Crippen MR) is 139 cm³/mol. The van der Waals surface area contributed by atoms with Crippen molar-refractivity contribution in [3.8, 4) is 23.1 Å². The van der Waals surface area contributed by atoms with Crippen LogP contribution in [0.1, 0.15) is 35.8 Å². The maximum absolute atomic E-state index is 11.4. The molecule has 1 heterocycles. The Balaban J connectivity index is 2.75. The number of hydrogen-bond donors (Lipinski definition) is 3. The first kappa shape index (κ1) is 29.0. The van der Waals surface area contributed by atoms with Gasteiger partial charge < -0.3 is 34.6 Å². The number of hydrogen-bond acceptors (Lipinski definition) is 9. The van der Waals surface area contributed by atoms with Crippen LogP contribution in [0.4, 0.5) is 11.6 Å². The molecule has 0 amide bonds. The largest absolute Gasteiger partial charge is 0.478 e. The van der Waals surface area contributed by atoms with Gasteiger partial charge in [-0.3, -0.25) is 0 Å². The topological polar surface area (TPSA) is 128 Å². The molecule has 2 aromatic rings. The minimum absolute atomic E-state index is 0.00716. The van der Waals surface area contributed by atoms with E-state index in [9.17, 15) is 20.1 Å². The Morgan fingerprint density at radius 1 is 0.889 bits per heavy atom. The van der Waals surface area contributed by atoms with Crippen molar-refractivity contribution in [3.05, 3.63) is 35.5 Å². The van der Waals surface area contributed by atoms with Crippen molar-refractivity contribution in [2.24, 2.45) is 0 Å². The van der Waals surface area contributed by atoms with Crippen molar-refractivity contribution < 1.29 is 29.6 Å². The molecule has 0 radical (unpaired) electrons. The Morgan fingerprint density at radius 2 is 1.44 bits per heavy atom. The van der Waals surface area contributed by atoms with E-state index < -0.39 is 5.97 Å². The van der Waals surface area contributed by atoms with Crippen LogP contribution >= 0.6 is 0 Å². The molecule has 196 valence electrons. The lowest BCUT2D eigenvalue weighted by Gasteiger charge is -2.29. The van der Waals surface area contributed by atoms with Gasteiger partial charge in [-0.15, -0.1) is 0 Å². The summed E-state index contributed by atoms with van der Waals surface area (Å²) in [7, 11) is 3.26. The van der Waals surface area contributed by atoms with Crippen LogP contribution in [0.5, 0.6) is 0 Å². The molecule has 0 unspecified atom stereocenters. The van der Waals surface area contributed by atoms with Crippen molar-refractivity contribution in [1.82, 2.24) is 9.97 Å². The fourth-order valence-corrected chi connectivity index (χ4v) is 3.60. The van der Waals surface area contributed by atoms with E-state index >= 15 is 0 Å². The third-order valence-corrected chi connectivity index (χ3v) is 5.41. The summed E-state index contributed by atoms with van der Waals surface area (Å²) >= 11 is 0. The Bertz CT molecular complexity index is 1000. The van der Waals surface area contributed by atoms with Crippen LogP contribution in [0, 0.1) is 11.8 Å². The average Bonchev–Trinajstić information content (AvgIpc) is 2.89. The third-order valence-electron chi connectivity index (χ3n) is 5.41. The van der Waals surface area contributed by atoms with Crippen LogP contribution in [0.2, 0.25) is 0 Å². The first-order valence-corrected chi connectivity index (χ1v) is 11.9. The van der Waals surface area contributed by atoms with Gasteiger partial charge in [0, 0.05) is 59.2 Å². The Labute approximate surface area is 212 Å². The molecule has 0 saturated heterocycles. The monoisotopic (exact) mass is 500 g/mol. The molecule has 36 heavy (non-hydrogen) atoms. The summed E-state index contributed by atoms with van der Waals surface area (Å²) in [5.74, 6) is 6.10. The number of aromatic nitrogens is 2. The molecule has 0 aliphatic heterocycles. The molecule has 0 bridgehead atoms. The lowest BCUT2D eigenvalue weighted by Crippen LogP contribution is -2.34. The lowest BCUT2D eigenvalue weighted by atomic mass is 10.1. The average molecular weight is 501 g/mol. The van der Waals surface area contributed by atoms with Gasteiger partial charge in [0.2, 0.25) is 0 Å². The number of methoxy groups -OCH3 is 2. The highest BCUT2D eigenvalue weighted by Gasteiger charge is 2.23. The summed E-state index contributed by atoms with van der Waals surface area (Å²) in [4.78, 5) is 25.3. The second-order valence-corrected chi connectivity index (χ2v) is 7.94. The number of anilines is 2. The fourth-order valence-electron chi connectivity index (χ4n) is 3.60. The van der Waals surface area contributed by atoms with E-state index in [0.717, 1.165) is 0 Å². The summed E-state index contributed by atoms with van der Waals surface area (Å²) in [5, 5.41) is 28.2. The van der Waals surface area contributed by atoms with Crippen molar-refractivity contribution >= 4 is 17.6 Å². The summed E-state index contributed by atoms with van der Waals surface area (Å²) < 4.78 is 10.6. The number of nitrogens with zero attached hydrogens (tertiary/aromatic N) is 4. The Hall–Kier alpha value is -3.23. The molecule has 0 fully saturated rings. The summed E-state index contributed by atoms with van der Waals surface area (Å²) in [5.41, 5.74) is 1.90. The van der Waals surface area contributed by atoms with Crippen molar-refractivity contribution in [2.45, 2.75) is 19.8 Å². The Kier molecular flexibility index (Phi) is 12.6. The van der Waals surface area contributed by atoms with Gasteiger partial charge in [-0.2, -0.15) is 0 Å². The number of benzene rings is 1. The van der Waals surface area contributed by atoms with E-state index in [4.69, 9.17) is 19.4 Å². The number of rotatable bonds is 16. The second-order valence-electron chi connectivity index (χ2n) is 7.94. The van der Waals surface area contributed by atoms with E-state index in [-0.39, 0.29) is 18.8 Å². The van der Waals surface area contributed by atoms with Crippen LogP contribution in [-0.2, 0) is 9.47 Å². The number of aliphatic hydroxyl groups excluding tert-OH is 2. The molecule has 1 aromatic carbocycles. The predicted octanol–water partition coefficient (Wildman–Crippen LogP) is 1.88. The number of carboxylic acids is 1. The second kappa shape index (κ2) is 15.7. The Morgan fingerprint density at radius 3 is 1.92 bits per heavy atom. The van der Waals surface area contributed by atoms with E-state index in [0.29, 0.717) is 80.8 Å². The molecular formula is C26H36N4O6. The number of aliphatic hydroxyl groups is 2. The van der Waals surface area contributed by atoms with Crippen molar-refractivity contribution in [2.75, 3.05) is 76.6 Å². The quantitative estimate of drug-likeness (QED) is 0.294. The highest BCUT2D eigenvalue weighted by atomic mass is 16.5. The van der Waals surface area contributed by atoms with Crippen LogP contribution in [0.15, 0.2) is 24.3 Å². The minimum atomic E-state index is -1.01. The molecule has 0 aliphatic carbocycles. The van der Waals surface area contributed by atoms with Crippen LogP contribution < -0.4 is 9.80 Å². The zero-order chi connectivity index (χ0) is 26.3. The van der Waals surface area contributed by atoms with E-state index in [2.05, 4.69) is 11.8 Å². The van der Waals surface area contributed by atoms with Gasteiger partial charge in [-0.1, -0.05) is 18.1 Å². The molecule has 0 spiro atoms. The molecule has 0 aliphatic rings. The molecule has 3 N–H and O–H groups in total. The van der Waals surface area contributed by atoms with E-state index in [1.807, 2.05) is 9.80 Å². The SMILES string of the molecule is CC#Cc1nc(N(CCCO)CCCO)c(-c2ccc(C(=O)O)cc2)nc1N(CCOC)CCOC. The number of aromatic carboxylic acids is 1. The lowest BCUT2D eigenvalue weighted by molar-refractivity contribution is 0.0697. The zero-order valence-electron chi connectivity index (χ0n) is 21.2. The third kappa shape index (κ3) is 8.17. The van der Waals surface area contributed by atoms with Gasteiger partial charge in [-0.25, -0.2) is 14.8 Å². The molecule has 10 heteroatoms. The highest BCUT2D eigenvalue weighted by molar-refractivity contribution is 5.88. The van der Waals surface area contributed by atoms with Crippen LogP contribution in [0.3, 0.4) is 0 Å². The van der Waals surface area contributed by atoms with E-state index in [1.54, 1.807) is 33.3 Å². The summed E-state index contributed by atoms with van der Waals surface area (Å²) in [6.07, 6.45) is 1.02. The highest BCUT2D eigenvalue weighted by Crippen LogP contribution is 2.32. The summed E-state index contributed by atoms with van der Waals surface area (Å²) in [6.45, 7) is 4.77. The van der Waals surface area contributed by atoms with Gasteiger partial charge in [0.1, 0.15) is 5.69 Å². The fraction of sp³-hybridized carbons (Fsp3) is 0.500. The normalized spacial score (nSPS) is 10.6. The van der Waals surface area contributed by atoms with E-state index in [1.165, 1.54) is 12.1 Å².